The predicted molar refractivity (Wildman–Crippen MR) is 111 cm³/mol. The number of amides is 1. The smallest absolute Gasteiger partial charge is 0.261 e. The molecule has 1 atom stereocenters. The zero-order chi connectivity index (χ0) is 22.8. The van der Waals surface area contributed by atoms with Crippen LogP contribution in [0.5, 0.6) is 0 Å². The van der Waals surface area contributed by atoms with Crippen LogP contribution in [0, 0.1) is 17.5 Å². The quantitative estimate of drug-likeness (QED) is 0.531. The summed E-state index contributed by atoms with van der Waals surface area (Å²) < 4.78 is 66.9. The molecular weight excluding hydrogens is 453 g/mol. The Morgan fingerprint density at radius 1 is 0.935 bits per heavy atom. The minimum atomic E-state index is -4.08. The number of halogens is 4. The first-order chi connectivity index (χ1) is 14.6. The van der Waals surface area contributed by atoms with Gasteiger partial charge in [0.2, 0.25) is 0 Å². The zero-order valence-electron chi connectivity index (χ0n) is 16.0. The summed E-state index contributed by atoms with van der Waals surface area (Å²) in [7, 11) is -4.08. The third-order valence-electron chi connectivity index (χ3n) is 4.39. The molecule has 0 saturated carbocycles. The van der Waals surface area contributed by atoms with Crippen molar-refractivity contribution < 1.29 is 26.4 Å². The van der Waals surface area contributed by atoms with Gasteiger partial charge in [-0.3, -0.25) is 9.52 Å². The van der Waals surface area contributed by atoms with E-state index in [0.717, 1.165) is 36.4 Å². The van der Waals surface area contributed by atoms with E-state index in [4.69, 9.17) is 11.6 Å². The molecule has 2 N–H and O–H groups in total. The molecule has 0 heterocycles. The van der Waals surface area contributed by atoms with Crippen LogP contribution in [0.2, 0.25) is 5.02 Å². The molecule has 1 unspecified atom stereocenters. The molecule has 3 rings (SSSR count). The number of hydrogen-bond donors (Lipinski definition) is 2. The summed E-state index contributed by atoms with van der Waals surface area (Å²) in [6.45, 7) is 1.58. The van der Waals surface area contributed by atoms with Crippen LogP contribution in [0.4, 0.5) is 18.9 Å². The maximum absolute atomic E-state index is 13.4. The van der Waals surface area contributed by atoms with E-state index in [1.807, 2.05) is 0 Å². The SMILES string of the molecule is CC(NC(=O)c1ccc(Cl)c(NS(=O)(=O)c2ccc(F)cc2)c1)c1ccc(F)c(F)c1. The van der Waals surface area contributed by atoms with Crippen LogP contribution in [0.1, 0.15) is 28.9 Å². The van der Waals surface area contributed by atoms with Crippen molar-refractivity contribution >= 4 is 33.2 Å². The Balaban J connectivity index is 1.80. The lowest BCUT2D eigenvalue weighted by Crippen LogP contribution is -2.27. The Morgan fingerprint density at radius 3 is 2.26 bits per heavy atom. The summed E-state index contributed by atoms with van der Waals surface area (Å²) in [6, 6.07) is 10.7. The molecule has 10 heteroatoms. The third-order valence-corrected chi connectivity index (χ3v) is 6.10. The lowest BCUT2D eigenvalue weighted by molar-refractivity contribution is 0.0940. The van der Waals surface area contributed by atoms with Crippen molar-refractivity contribution in [1.82, 2.24) is 5.32 Å². The predicted octanol–water partition coefficient (Wildman–Crippen LogP) is 5.05. The highest BCUT2D eigenvalue weighted by atomic mass is 35.5. The van der Waals surface area contributed by atoms with Crippen LogP contribution < -0.4 is 10.0 Å². The van der Waals surface area contributed by atoms with Gasteiger partial charge in [-0.05, 0) is 67.1 Å². The largest absolute Gasteiger partial charge is 0.346 e. The van der Waals surface area contributed by atoms with E-state index < -0.39 is 39.4 Å². The first kappa shape index (κ1) is 22.6. The molecule has 0 saturated heterocycles. The Morgan fingerprint density at radius 2 is 1.61 bits per heavy atom. The highest BCUT2D eigenvalue weighted by Gasteiger charge is 2.19. The first-order valence-corrected chi connectivity index (χ1v) is 10.8. The van der Waals surface area contributed by atoms with Gasteiger partial charge < -0.3 is 5.32 Å². The van der Waals surface area contributed by atoms with Crippen molar-refractivity contribution in [2.45, 2.75) is 17.9 Å². The Bertz CT molecular complexity index is 1240. The molecule has 0 aromatic heterocycles. The molecular formula is C21H16ClF3N2O3S. The second-order valence-electron chi connectivity index (χ2n) is 6.62. The van der Waals surface area contributed by atoms with Crippen LogP contribution in [0.3, 0.4) is 0 Å². The normalized spacial score (nSPS) is 12.3. The van der Waals surface area contributed by atoms with Crippen molar-refractivity contribution in [3.05, 3.63) is 94.3 Å². The summed E-state index contributed by atoms with van der Waals surface area (Å²) in [5.41, 5.74) is 0.369. The minimum absolute atomic E-state index is 0.0379. The standard InChI is InChI=1S/C21H16ClF3N2O3S/c1-12(13-3-9-18(24)19(25)10-13)26-21(28)14-2-8-17(22)20(11-14)27-31(29,30)16-6-4-15(23)5-7-16/h2-12,27H,1H3,(H,26,28). The van der Waals surface area contributed by atoms with E-state index in [-0.39, 0.29) is 21.2 Å². The van der Waals surface area contributed by atoms with Crippen molar-refractivity contribution in [2.75, 3.05) is 4.72 Å². The van der Waals surface area contributed by atoms with Gasteiger partial charge in [0.05, 0.1) is 21.6 Å². The van der Waals surface area contributed by atoms with E-state index >= 15 is 0 Å². The second kappa shape index (κ2) is 8.99. The highest BCUT2D eigenvalue weighted by molar-refractivity contribution is 7.92. The fourth-order valence-corrected chi connectivity index (χ4v) is 4.00. The van der Waals surface area contributed by atoms with Gasteiger partial charge in [-0.2, -0.15) is 0 Å². The molecule has 0 radical (unpaired) electrons. The van der Waals surface area contributed by atoms with Crippen LogP contribution in [0.15, 0.2) is 65.6 Å². The first-order valence-electron chi connectivity index (χ1n) is 8.90. The Labute approximate surface area is 181 Å². The molecule has 31 heavy (non-hydrogen) atoms. The molecule has 0 aliphatic carbocycles. The molecule has 1 amide bonds. The van der Waals surface area contributed by atoms with Crippen molar-refractivity contribution in [3.63, 3.8) is 0 Å². The van der Waals surface area contributed by atoms with E-state index in [2.05, 4.69) is 10.0 Å². The van der Waals surface area contributed by atoms with Crippen molar-refractivity contribution in [2.24, 2.45) is 0 Å². The number of rotatable bonds is 6. The van der Waals surface area contributed by atoms with Gasteiger partial charge in [0.1, 0.15) is 5.82 Å². The van der Waals surface area contributed by atoms with Gasteiger partial charge in [-0.15, -0.1) is 0 Å². The average Bonchev–Trinajstić information content (AvgIpc) is 2.71. The highest BCUT2D eigenvalue weighted by Crippen LogP contribution is 2.26. The summed E-state index contributed by atoms with van der Waals surface area (Å²) in [5.74, 6) is -3.22. The van der Waals surface area contributed by atoms with Crippen LogP contribution in [-0.4, -0.2) is 14.3 Å². The van der Waals surface area contributed by atoms with Gasteiger partial charge in [0.15, 0.2) is 11.6 Å². The zero-order valence-corrected chi connectivity index (χ0v) is 17.6. The molecule has 162 valence electrons. The Hall–Kier alpha value is -3.04. The van der Waals surface area contributed by atoms with Gasteiger partial charge >= 0.3 is 0 Å². The van der Waals surface area contributed by atoms with Crippen molar-refractivity contribution in [1.29, 1.82) is 0 Å². The minimum Gasteiger partial charge on any atom is -0.346 e. The maximum Gasteiger partial charge on any atom is 0.261 e. The lowest BCUT2D eigenvalue weighted by Gasteiger charge is -2.16. The van der Waals surface area contributed by atoms with Gasteiger partial charge in [0, 0.05) is 5.56 Å². The Kier molecular flexibility index (Phi) is 6.56. The molecule has 0 aliphatic heterocycles. The van der Waals surface area contributed by atoms with Crippen LogP contribution in [0.25, 0.3) is 0 Å². The van der Waals surface area contributed by atoms with Gasteiger partial charge in [0.25, 0.3) is 15.9 Å². The molecule has 0 spiro atoms. The van der Waals surface area contributed by atoms with Gasteiger partial charge in [-0.25, -0.2) is 21.6 Å². The van der Waals surface area contributed by atoms with E-state index in [0.29, 0.717) is 5.56 Å². The van der Waals surface area contributed by atoms with Gasteiger partial charge in [-0.1, -0.05) is 17.7 Å². The number of sulfonamides is 1. The topological polar surface area (TPSA) is 75.3 Å². The van der Waals surface area contributed by atoms with Crippen LogP contribution >= 0.6 is 11.6 Å². The fourth-order valence-electron chi connectivity index (χ4n) is 2.71. The van der Waals surface area contributed by atoms with Crippen LogP contribution in [-0.2, 0) is 10.0 Å². The third kappa shape index (κ3) is 5.36. The fraction of sp³-hybridized carbons (Fsp3) is 0.0952. The number of nitrogens with one attached hydrogen (secondary N) is 2. The van der Waals surface area contributed by atoms with E-state index in [1.165, 1.54) is 24.3 Å². The molecule has 3 aromatic carbocycles. The monoisotopic (exact) mass is 468 g/mol. The molecule has 5 nitrogen and oxygen atoms in total. The summed E-state index contributed by atoms with van der Waals surface area (Å²) in [4.78, 5) is 12.4. The molecule has 0 bridgehead atoms. The molecule has 3 aromatic rings. The molecule has 0 fully saturated rings. The number of benzene rings is 3. The summed E-state index contributed by atoms with van der Waals surface area (Å²) in [6.07, 6.45) is 0. The lowest BCUT2D eigenvalue weighted by atomic mass is 10.1. The second-order valence-corrected chi connectivity index (χ2v) is 8.71. The van der Waals surface area contributed by atoms with E-state index in [9.17, 15) is 26.4 Å². The number of carbonyl (C=O) groups is 1. The van der Waals surface area contributed by atoms with Crippen molar-refractivity contribution in [3.8, 4) is 0 Å². The van der Waals surface area contributed by atoms with E-state index in [1.54, 1.807) is 6.92 Å². The molecule has 0 aliphatic rings. The number of hydrogen-bond acceptors (Lipinski definition) is 3. The maximum atomic E-state index is 13.4. The number of anilines is 1. The summed E-state index contributed by atoms with van der Waals surface area (Å²) >= 11 is 6.06. The average molecular weight is 469 g/mol. The summed E-state index contributed by atoms with van der Waals surface area (Å²) in [5, 5.41) is 2.65. The number of carbonyl (C=O) groups excluding carboxylic acids is 1.